The van der Waals surface area contributed by atoms with Crippen LogP contribution in [0.15, 0.2) is 23.4 Å². The Morgan fingerprint density at radius 3 is 2.81 bits per heavy atom. The second-order valence-corrected chi connectivity index (χ2v) is 5.20. The molecule has 0 atom stereocenters. The van der Waals surface area contributed by atoms with E-state index in [1.807, 2.05) is 6.92 Å². The number of aryl methyl sites for hydroxylation is 1. The molecule has 1 N–H and O–H groups in total. The van der Waals surface area contributed by atoms with Gasteiger partial charge in [0.15, 0.2) is 5.16 Å². The summed E-state index contributed by atoms with van der Waals surface area (Å²) < 4.78 is 28.5. The molecule has 2 rings (SSSR count). The zero-order chi connectivity index (χ0) is 15.4. The van der Waals surface area contributed by atoms with E-state index in [0.717, 1.165) is 30.0 Å². The van der Waals surface area contributed by atoms with Crippen molar-refractivity contribution in [3.05, 3.63) is 41.2 Å². The van der Waals surface area contributed by atoms with Crippen LogP contribution in [0.4, 0.5) is 8.78 Å². The number of benzene rings is 1. The van der Waals surface area contributed by atoms with E-state index < -0.39 is 17.6 Å². The second kappa shape index (κ2) is 6.66. The minimum Gasteiger partial charge on any atom is -0.481 e. The van der Waals surface area contributed by atoms with E-state index in [-0.39, 0.29) is 17.9 Å². The summed E-state index contributed by atoms with van der Waals surface area (Å²) in [5, 5.41) is 16.9. The highest BCUT2D eigenvalue weighted by Crippen LogP contribution is 2.20. The van der Waals surface area contributed by atoms with Gasteiger partial charge in [0.1, 0.15) is 17.5 Å². The Kier molecular flexibility index (Phi) is 4.89. The lowest BCUT2D eigenvalue weighted by molar-refractivity contribution is -0.133. The van der Waals surface area contributed by atoms with E-state index in [1.165, 1.54) is 0 Å². The Balaban J connectivity index is 2.30. The summed E-state index contributed by atoms with van der Waals surface area (Å²) in [6.07, 6.45) is 0.553. The van der Waals surface area contributed by atoms with E-state index in [2.05, 4.69) is 10.2 Å². The molecule has 1 aromatic carbocycles. The molecule has 0 bridgehead atoms. The van der Waals surface area contributed by atoms with Crippen molar-refractivity contribution in [3.63, 3.8) is 0 Å². The molecular formula is C13H13F2N3O2S. The highest BCUT2D eigenvalue weighted by atomic mass is 32.2. The van der Waals surface area contributed by atoms with Crippen LogP contribution in [0.25, 0.3) is 0 Å². The smallest absolute Gasteiger partial charge is 0.313 e. The lowest BCUT2D eigenvalue weighted by Crippen LogP contribution is -2.09. The van der Waals surface area contributed by atoms with Crippen LogP contribution < -0.4 is 0 Å². The number of rotatable bonds is 6. The number of thioether (sulfide) groups is 1. The summed E-state index contributed by atoms with van der Waals surface area (Å²) in [6, 6.07) is 3.22. The summed E-state index contributed by atoms with van der Waals surface area (Å²) in [5.74, 6) is -1.62. The first kappa shape index (κ1) is 15.4. The van der Waals surface area contributed by atoms with Crippen LogP contribution in [0.1, 0.15) is 18.3 Å². The standard InChI is InChI=1S/C13H13F2N3O2S/c1-2-11-16-17-13(21-7-12(19)20)18(11)6-8-5-9(14)3-4-10(8)15/h3-5H,2,6-7H2,1H3,(H,19,20). The van der Waals surface area contributed by atoms with Crippen molar-refractivity contribution in [2.75, 3.05) is 5.75 Å². The van der Waals surface area contributed by atoms with Crippen molar-refractivity contribution < 1.29 is 18.7 Å². The molecular weight excluding hydrogens is 300 g/mol. The number of aliphatic carboxylic acids is 1. The van der Waals surface area contributed by atoms with Crippen molar-refractivity contribution in [3.8, 4) is 0 Å². The fourth-order valence-corrected chi connectivity index (χ4v) is 2.48. The minimum absolute atomic E-state index is 0.0573. The number of hydrogen-bond acceptors (Lipinski definition) is 4. The van der Waals surface area contributed by atoms with E-state index in [4.69, 9.17) is 5.11 Å². The molecule has 0 aliphatic carbocycles. The first-order valence-corrected chi connectivity index (χ1v) is 7.20. The zero-order valence-corrected chi connectivity index (χ0v) is 12.0. The Morgan fingerprint density at radius 1 is 1.38 bits per heavy atom. The summed E-state index contributed by atoms with van der Waals surface area (Å²) >= 11 is 0.994. The Bertz CT molecular complexity index is 661. The maximum Gasteiger partial charge on any atom is 0.313 e. The maximum absolute atomic E-state index is 13.7. The monoisotopic (exact) mass is 313 g/mol. The molecule has 0 unspecified atom stereocenters. The normalized spacial score (nSPS) is 10.8. The zero-order valence-electron chi connectivity index (χ0n) is 11.2. The molecule has 2 aromatic rings. The van der Waals surface area contributed by atoms with Crippen LogP contribution in [-0.2, 0) is 17.8 Å². The molecule has 1 heterocycles. The van der Waals surface area contributed by atoms with Gasteiger partial charge in [0, 0.05) is 12.0 Å². The molecule has 21 heavy (non-hydrogen) atoms. The van der Waals surface area contributed by atoms with Crippen molar-refractivity contribution in [1.29, 1.82) is 0 Å². The van der Waals surface area contributed by atoms with Crippen LogP contribution in [0.5, 0.6) is 0 Å². The molecule has 0 aliphatic heterocycles. The number of halogens is 2. The first-order valence-electron chi connectivity index (χ1n) is 6.21. The first-order chi connectivity index (χ1) is 10.0. The molecule has 112 valence electrons. The molecule has 0 saturated heterocycles. The second-order valence-electron chi connectivity index (χ2n) is 4.26. The molecule has 0 radical (unpaired) electrons. The number of carboxylic acids is 1. The van der Waals surface area contributed by atoms with Crippen LogP contribution in [0.3, 0.4) is 0 Å². The number of carboxylic acid groups (broad SMARTS) is 1. The van der Waals surface area contributed by atoms with Crippen LogP contribution in [0, 0.1) is 11.6 Å². The summed E-state index contributed by atoms with van der Waals surface area (Å²) in [7, 11) is 0. The molecule has 0 saturated carbocycles. The van der Waals surface area contributed by atoms with Crippen molar-refractivity contribution in [2.45, 2.75) is 25.0 Å². The topological polar surface area (TPSA) is 68.0 Å². The fraction of sp³-hybridized carbons (Fsp3) is 0.308. The molecule has 0 aliphatic rings. The number of aromatic nitrogens is 3. The van der Waals surface area contributed by atoms with Crippen molar-refractivity contribution in [2.24, 2.45) is 0 Å². The average Bonchev–Trinajstić information content (AvgIpc) is 2.82. The SMILES string of the molecule is CCc1nnc(SCC(=O)O)n1Cc1cc(F)ccc1F. The lowest BCUT2D eigenvalue weighted by atomic mass is 10.2. The Hall–Kier alpha value is -1.96. The van der Waals surface area contributed by atoms with Crippen molar-refractivity contribution in [1.82, 2.24) is 14.8 Å². The van der Waals surface area contributed by atoms with Gasteiger partial charge in [-0.25, -0.2) is 8.78 Å². The van der Waals surface area contributed by atoms with Gasteiger partial charge in [-0.2, -0.15) is 0 Å². The summed E-state index contributed by atoms with van der Waals surface area (Å²) in [5.41, 5.74) is 0.168. The fourth-order valence-electron chi connectivity index (χ4n) is 1.81. The average molecular weight is 313 g/mol. The third kappa shape index (κ3) is 3.78. The van der Waals surface area contributed by atoms with Gasteiger partial charge in [-0.05, 0) is 18.2 Å². The van der Waals surface area contributed by atoms with E-state index in [1.54, 1.807) is 4.57 Å². The van der Waals surface area contributed by atoms with Gasteiger partial charge in [-0.3, -0.25) is 4.79 Å². The molecule has 0 spiro atoms. The highest BCUT2D eigenvalue weighted by molar-refractivity contribution is 7.99. The molecule has 8 heteroatoms. The Morgan fingerprint density at radius 2 is 2.14 bits per heavy atom. The quantitative estimate of drug-likeness (QED) is 0.829. The van der Waals surface area contributed by atoms with Crippen LogP contribution in [-0.4, -0.2) is 31.6 Å². The summed E-state index contributed by atoms with van der Waals surface area (Å²) in [6.45, 7) is 1.91. The number of nitrogens with zero attached hydrogens (tertiary/aromatic N) is 3. The van der Waals surface area contributed by atoms with Gasteiger partial charge >= 0.3 is 5.97 Å². The molecule has 0 amide bonds. The van der Waals surface area contributed by atoms with E-state index >= 15 is 0 Å². The third-order valence-electron chi connectivity index (χ3n) is 2.77. The maximum atomic E-state index is 13.7. The van der Waals surface area contributed by atoms with Crippen LogP contribution in [0.2, 0.25) is 0 Å². The van der Waals surface area contributed by atoms with Crippen molar-refractivity contribution >= 4 is 17.7 Å². The largest absolute Gasteiger partial charge is 0.481 e. The molecule has 5 nitrogen and oxygen atoms in total. The van der Waals surface area contributed by atoms with E-state index in [0.29, 0.717) is 17.4 Å². The third-order valence-corrected chi connectivity index (χ3v) is 3.72. The van der Waals surface area contributed by atoms with Crippen LogP contribution >= 0.6 is 11.8 Å². The minimum atomic E-state index is -0.982. The predicted octanol–water partition coefficient (Wildman–Crippen LogP) is 2.34. The van der Waals surface area contributed by atoms with Gasteiger partial charge in [0.25, 0.3) is 0 Å². The van der Waals surface area contributed by atoms with Gasteiger partial charge < -0.3 is 9.67 Å². The number of hydrogen-bond donors (Lipinski definition) is 1. The van der Waals surface area contributed by atoms with Gasteiger partial charge in [-0.15, -0.1) is 10.2 Å². The molecule has 0 fully saturated rings. The van der Waals surface area contributed by atoms with E-state index in [9.17, 15) is 13.6 Å². The lowest BCUT2D eigenvalue weighted by Gasteiger charge is -2.10. The molecule has 1 aromatic heterocycles. The van der Waals surface area contributed by atoms with Gasteiger partial charge in [-0.1, -0.05) is 18.7 Å². The Labute approximate surface area is 124 Å². The predicted molar refractivity (Wildman–Crippen MR) is 73.2 cm³/mol. The van der Waals surface area contributed by atoms with Gasteiger partial charge in [0.2, 0.25) is 0 Å². The highest BCUT2D eigenvalue weighted by Gasteiger charge is 2.15. The van der Waals surface area contributed by atoms with Gasteiger partial charge in [0.05, 0.1) is 12.3 Å². The number of carbonyl (C=O) groups is 1. The summed E-state index contributed by atoms with van der Waals surface area (Å²) in [4.78, 5) is 10.6.